The summed E-state index contributed by atoms with van der Waals surface area (Å²) >= 11 is 3.45. The molecule has 0 aliphatic rings. The highest BCUT2D eigenvalue weighted by Crippen LogP contribution is 2.27. The van der Waals surface area contributed by atoms with E-state index in [1.807, 2.05) is 0 Å². The summed E-state index contributed by atoms with van der Waals surface area (Å²) in [5, 5.41) is 5.61. The Hall–Kier alpha value is -2.34. The average Bonchev–Trinajstić information content (AvgIpc) is 2.60. The van der Waals surface area contributed by atoms with E-state index in [1.54, 1.807) is 49.4 Å². The number of hydrogen-bond donors (Lipinski definition) is 2. The van der Waals surface area contributed by atoms with Crippen molar-refractivity contribution in [2.24, 2.45) is 5.92 Å². The minimum atomic E-state index is -0.236. The van der Waals surface area contributed by atoms with Crippen LogP contribution in [0.1, 0.15) is 37.6 Å². The van der Waals surface area contributed by atoms with Gasteiger partial charge in [0, 0.05) is 23.4 Å². The van der Waals surface area contributed by atoms with Crippen molar-refractivity contribution in [1.82, 2.24) is 0 Å². The molecule has 0 atom stereocenters. The van der Waals surface area contributed by atoms with E-state index in [4.69, 9.17) is 4.74 Å². The second-order valence-electron chi connectivity index (χ2n) is 6.29. The quantitative estimate of drug-likeness (QED) is 0.658. The molecule has 2 aromatic carbocycles. The van der Waals surface area contributed by atoms with Gasteiger partial charge in [0.15, 0.2) is 0 Å². The lowest BCUT2D eigenvalue weighted by Gasteiger charge is -2.12. The van der Waals surface area contributed by atoms with E-state index < -0.39 is 0 Å². The number of carbonyl (C=O) groups is 2. The molecule has 2 amide bonds. The number of nitrogens with one attached hydrogen (secondary N) is 2. The van der Waals surface area contributed by atoms with Crippen LogP contribution in [-0.4, -0.2) is 18.4 Å². The lowest BCUT2D eigenvalue weighted by molar-refractivity contribution is -0.115. The van der Waals surface area contributed by atoms with Gasteiger partial charge in [-0.15, -0.1) is 0 Å². The monoisotopic (exact) mass is 418 g/mol. The Morgan fingerprint density at radius 2 is 1.77 bits per heavy atom. The SMILES string of the molecule is CCC(=O)Nc1cccc(NC(=O)c2ccc(OCC(C)C)c(Br)c2)c1. The minimum Gasteiger partial charge on any atom is -0.492 e. The van der Waals surface area contributed by atoms with Crippen molar-refractivity contribution in [2.45, 2.75) is 27.2 Å². The van der Waals surface area contributed by atoms with Gasteiger partial charge in [0.05, 0.1) is 11.1 Å². The van der Waals surface area contributed by atoms with E-state index in [2.05, 4.69) is 40.4 Å². The summed E-state index contributed by atoms with van der Waals surface area (Å²) in [5.74, 6) is 0.819. The van der Waals surface area contributed by atoms with Crippen LogP contribution in [0.2, 0.25) is 0 Å². The molecular formula is C20H23BrN2O3. The maximum Gasteiger partial charge on any atom is 0.255 e. The molecule has 6 heteroatoms. The summed E-state index contributed by atoms with van der Waals surface area (Å²) < 4.78 is 6.43. The van der Waals surface area contributed by atoms with Crippen LogP contribution in [0.3, 0.4) is 0 Å². The van der Waals surface area contributed by atoms with Crippen molar-refractivity contribution in [3.05, 3.63) is 52.5 Å². The topological polar surface area (TPSA) is 67.4 Å². The first-order valence-electron chi connectivity index (χ1n) is 8.52. The van der Waals surface area contributed by atoms with Crippen LogP contribution >= 0.6 is 15.9 Å². The maximum atomic E-state index is 12.5. The standard InChI is InChI=1S/C20H23BrN2O3/c1-4-19(24)22-15-6-5-7-16(11-15)23-20(25)14-8-9-18(17(21)10-14)26-12-13(2)3/h5-11,13H,4,12H2,1-3H3,(H,22,24)(H,23,25). The van der Waals surface area contributed by atoms with Crippen molar-refractivity contribution in [3.8, 4) is 5.75 Å². The van der Waals surface area contributed by atoms with Crippen molar-refractivity contribution in [3.63, 3.8) is 0 Å². The molecule has 0 unspecified atom stereocenters. The molecule has 138 valence electrons. The largest absolute Gasteiger partial charge is 0.492 e. The third-order valence-corrected chi connectivity index (χ3v) is 4.11. The van der Waals surface area contributed by atoms with Crippen LogP contribution in [0.4, 0.5) is 11.4 Å². The van der Waals surface area contributed by atoms with Crippen molar-refractivity contribution in [1.29, 1.82) is 0 Å². The van der Waals surface area contributed by atoms with E-state index >= 15 is 0 Å². The molecule has 5 nitrogen and oxygen atoms in total. The zero-order valence-corrected chi connectivity index (χ0v) is 16.7. The van der Waals surface area contributed by atoms with Crippen LogP contribution in [-0.2, 0) is 4.79 Å². The van der Waals surface area contributed by atoms with Crippen LogP contribution in [0.5, 0.6) is 5.75 Å². The molecule has 0 aromatic heterocycles. The van der Waals surface area contributed by atoms with Crippen LogP contribution < -0.4 is 15.4 Å². The van der Waals surface area contributed by atoms with Gasteiger partial charge >= 0.3 is 0 Å². The Morgan fingerprint density at radius 3 is 2.38 bits per heavy atom. The first-order valence-corrected chi connectivity index (χ1v) is 9.32. The Balaban J connectivity index is 2.06. The molecule has 2 N–H and O–H groups in total. The zero-order valence-electron chi connectivity index (χ0n) is 15.1. The highest BCUT2D eigenvalue weighted by Gasteiger charge is 2.11. The third kappa shape index (κ3) is 5.88. The van der Waals surface area contributed by atoms with Crippen LogP contribution in [0, 0.1) is 5.92 Å². The van der Waals surface area contributed by atoms with E-state index in [0.29, 0.717) is 41.6 Å². The highest BCUT2D eigenvalue weighted by molar-refractivity contribution is 9.10. The number of ether oxygens (including phenoxy) is 1. The van der Waals surface area contributed by atoms with Crippen molar-refractivity contribution < 1.29 is 14.3 Å². The second kappa shape index (κ2) is 9.38. The molecule has 0 aliphatic carbocycles. The lowest BCUT2D eigenvalue weighted by Crippen LogP contribution is -2.13. The van der Waals surface area contributed by atoms with E-state index in [1.165, 1.54) is 0 Å². The lowest BCUT2D eigenvalue weighted by atomic mass is 10.2. The fraction of sp³-hybridized carbons (Fsp3) is 0.300. The minimum absolute atomic E-state index is 0.0746. The van der Waals surface area contributed by atoms with Gasteiger partial charge in [0.2, 0.25) is 5.91 Å². The molecule has 0 bridgehead atoms. The Morgan fingerprint density at radius 1 is 1.08 bits per heavy atom. The number of hydrogen-bond acceptors (Lipinski definition) is 3. The van der Waals surface area contributed by atoms with Gasteiger partial charge in [-0.05, 0) is 58.2 Å². The first kappa shape index (κ1) is 20.0. The Bertz CT molecular complexity index is 790. The molecule has 0 spiro atoms. The highest BCUT2D eigenvalue weighted by atomic mass is 79.9. The van der Waals surface area contributed by atoms with Crippen molar-refractivity contribution >= 4 is 39.1 Å². The van der Waals surface area contributed by atoms with E-state index in [-0.39, 0.29) is 11.8 Å². The Kier molecular flexibility index (Phi) is 7.21. The summed E-state index contributed by atoms with van der Waals surface area (Å²) in [5.41, 5.74) is 1.77. The maximum absolute atomic E-state index is 12.5. The number of halogens is 1. The molecule has 0 saturated carbocycles. The molecule has 0 radical (unpaired) electrons. The van der Waals surface area contributed by atoms with Gasteiger partial charge in [0.25, 0.3) is 5.91 Å². The normalized spacial score (nSPS) is 10.5. The second-order valence-corrected chi connectivity index (χ2v) is 7.14. The number of anilines is 2. The molecule has 0 saturated heterocycles. The van der Waals surface area contributed by atoms with Crippen LogP contribution in [0.15, 0.2) is 46.9 Å². The molecule has 0 aliphatic heterocycles. The molecule has 2 aromatic rings. The van der Waals surface area contributed by atoms with Gasteiger partial charge in [0.1, 0.15) is 5.75 Å². The number of carbonyl (C=O) groups excluding carboxylic acids is 2. The summed E-state index contributed by atoms with van der Waals surface area (Å²) in [4.78, 5) is 24.0. The Labute approximate surface area is 162 Å². The molecule has 0 heterocycles. The van der Waals surface area contributed by atoms with Gasteiger partial charge in [-0.3, -0.25) is 9.59 Å². The predicted octanol–water partition coefficient (Wildman–Crippen LogP) is 5.08. The smallest absolute Gasteiger partial charge is 0.255 e. The molecular weight excluding hydrogens is 396 g/mol. The van der Waals surface area contributed by atoms with Gasteiger partial charge in [-0.1, -0.05) is 26.8 Å². The summed E-state index contributed by atoms with van der Waals surface area (Å²) in [6, 6.07) is 12.3. The third-order valence-electron chi connectivity index (χ3n) is 3.49. The van der Waals surface area contributed by atoms with Gasteiger partial charge < -0.3 is 15.4 Å². The van der Waals surface area contributed by atoms with Crippen LogP contribution in [0.25, 0.3) is 0 Å². The molecule has 26 heavy (non-hydrogen) atoms. The van der Waals surface area contributed by atoms with E-state index in [0.717, 1.165) is 4.47 Å². The number of amides is 2. The van der Waals surface area contributed by atoms with Gasteiger partial charge in [-0.2, -0.15) is 0 Å². The first-order chi connectivity index (χ1) is 12.4. The predicted molar refractivity (Wildman–Crippen MR) is 108 cm³/mol. The van der Waals surface area contributed by atoms with Crippen molar-refractivity contribution in [2.75, 3.05) is 17.2 Å². The summed E-state index contributed by atoms with van der Waals surface area (Å²) in [6.45, 7) is 6.55. The molecule has 2 rings (SSSR count). The zero-order chi connectivity index (χ0) is 19.1. The molecule has 0 fully saturated rings. The fourth-order valence-corrected chi connectivity index (χ4v) is 2.64. The van der Waals surface area contributed by atoms with Gasteiger partial charge in [-0.25, -0.2) is 0 Å². The summed E-state index contributed by atoms with van der Waals surface area (Å²) in [6.07, 6.45) is 0.399. The number of benzene rings is 2. The fourth-order valence-electron chi connectivity index (χ4n) is 2.14. The number of rotatable bonds is 7. The summed E-state index contributed by atoms with van der Waals surface area (Å²) in [7, 11) is 0. The average molecular weight is 419 g/mol. The van der Waals surface area contributed by atoms with E-state index in [9.17, 15) is 9.59 Å².